The second-order valence-electron chi connectivity index (χ2n) is 4.33. The summed E-state index contributed by atoms with van der Waals surface area (Å²) in [5, 5.41) is 4.24. The van der Waals surface area contributed by atoms with E-state index in [1.165, 1.54) is 5.56 Å². The third-order valence-corrected chi connectivity index (χ3v) is 2.07. The molecule has 1 aromatic rings. The Morgan fingerprint density at radius 2 is 2.08 bits per heavy atom. The Kier molecular flexibility index (Phi) is 2.74. The van der Waals surface area contributed by atoms with Crippen molar-refractivity contribution in [3.63, 3.8) is 0 Å². The Bertz CT molecular complexity index is 284. The molecular formula is C10H17FN2. The van der Waals surface area contributed by atoms with E-state index in [9.17, 15) is 4.39 Å². The minimum atomic E-state index is -0.356. The van der Waals surface area contributed by atoms with Gasteiger partial charge in [0.15, 0.2) is 0 Å². The molecule has 0 amide bonds. The molecule has 2 nitrogen and oxygen atoms in total. The summed E-state index contributed by atoms with van der Waals surface area (Å²) in [6.45, 7) is 8.38. The summed E-state index contributed by atoms with van der Waals surface area (Å²) in [4.78, 5) is 0. The van der Waals surface area contributed by atoms with Crippen LogP contribution in [-0.2, 0) is 12.0 Å². The zero-order valence-corrected chi connectivity index (χ0v) is 8.76. The zero-order valence-electron chi connectivity index (χ0n) is 8.76. The average Bonchev–Trinajstić information content (AvgIpc) is 2.30. The number of aromatic nitrogens is 2. The lowest BCUT2D eigenvalue weighted by Gasteiger charge is -2.16. The van der Waals surface area contributed by atoms with Gasteiger partial charge < -0.3 is 0 Å². The monoisotopic (exact) mass is 184 g/mol. The van der Waals surface area contributed by atoms with E-state index in [2.05, 4.69) is 25.9 Å². The molecule has 0 atom stereocenters. The fraction of sp³-hybridized carbons (Fsp3) is 0.700. The van der Waals surface area contributed by atoms with Crippen molar-refractivity contribution in [2.75, 3.05) is 6.67 Å². The lowest BCUT2D eigenvalue weighted by atomic mass is 9.88. The third-order valence-electron chi connectivity index (χ3n) is 2.07. The van der Waals surface area contributed by atoms with Crippen molar-refractivity contribution in [3.8, 4) is 0 Å². The van der Waals surface area contributed by atoms with Gasteiger partial charge in [-0.3, -0.25) is 4.68 Å². The Balaban J connectivity index is 2.96. The van der Waals surface area contributed by atoms with Crippen LogP contribution >= 0.6 is 0 Å². The van der Waals surface area contributed by atoms with E-state index >= 15 is 0 Å². The molecule has 0 fully saturated rings. The second kappa shape index (κ2) is 3.48. The minimum absolute atomic E-state index is 0.0959. The fourth-order valence-electron chi connectivity index (χ4n) is 1.46. The molecule has 1 heterocycles. The maximum Gasteiger partial charge on any atom is 0.109 e. The second-order valence-corrected chi connectivity index (χ2v) is 4.33. The van der Waals surface area contributed by atoms with Crippen LogP contribution in [0.25, 0.3) is 0 Å². The first-order chi connectivity index (χ1) is 5.95. The summed E-state index contributed by atoms with van der Waals surface area (Å²) in [5.41, 5.74) is 2.29. The van der Waals surface area contributed by atoms with Gasteiger partial charge in [0, 0.05) is 6.20 Å². The number of halogens is 1. The van der Waals surface area contributed by atoms with Gasteiger partial charge >= 0.3 is 0 Å². The smallest absolute Gasteiger partial charge is 0.109 e. The maximum atomic E-state index is 12.1. The minimum Gasteiger partial charge on any atom is -0.270 e. The van der Waals surface area contributed by atoms with Crippen molar-refractivity contribution in [1.29, 1.82) is 0 Å². The summed E-state index contributed by atoms with van der Waals surface area (Å²) in [6.07, 6.45) is 1.94. The number of alkyl halides is 1. The van der Waals surface area contributed by atoms with Crippen molar-refractivity contribution in [2.45, 2.75) is 39.7 Å². The van der Waals surface area contributed by atoms with Crippen LogP contribution < -0.4 is 0 Å². The molecule has 0 saturated heterocycles. The normalized spacial score (nSPS) is 12.1. The molecule has 0 aliphatic rings. The number of aryl methyl sites for hydroxylation is 2. The average molecular weight is 184 g/mol. The Labute approximate surface area is 78.8 Å². The van der Waals surface area contributed by atoms with Gasteiger partial charge in [-0.25, -0.2) is 4.39 Å². The van der Waals surface area contributed by atoms with Crippen LogP contribution in [0.15, 0.2) is 6.20 Å². The van der Waals surface area contributed by atoms with Crippen molar-refractivity contribution in [3.05, 3.63) is 17.5 Å². The lowest BCUT2D eigenvalue weighted by Crippen LogP contribution is -2.11. The third kappa shape index (κ3) is 2.29. The van der Waals surface area contributed by atoms with Gasteiger partial charge in [0.1, 0.15) is 6.67 Å². The van der Waals surface area contributed by atoms with Gasteiger partial charge in [0.2, 0.25) is 0 Å². The summed E-state index contributed by atoms with van der Waals surface area (Å²) >= 11 is 0. The van der Waals surface area contributed by atoms with E-state index in [1.54, 1.807) is 4.68 Å². The van der Waals surface area contributed by atoms with Crippen LogP contribution in [-0.4, -0.2) is 16.5 Å². The van der Waals surface area contributed by atoms with E-state index in [0.29, 0.717) is 6.54 Å². The van der Waals surface area contributed by atoms with Crippen molar-refractivity contribution in [2.24, 2.45) is 0 Å². The fourth-order valence-corrected chi connectivity index (χ4v) is 1.46. The molecule has 0 aromatic carbocycles. The number of hydrogen-bond acceptors (Lipinski definition) is 1. The molecule has 13 heavy (non-hydrogen) atoms. The first-order valence-electron chi connectivity index (χ1n) is 4.55. The maximum absolute atomic E-state index is 12.1. The number of hydrogen-bond donors (Lipinski definition) is 0. The van der Waals surface area contributed by atoms with Crippen LogP contribution in [0.2, 0.25) is 0 Å². The van der Waals surface area contributed by atoms with Gasteiger partial charge in [-0.05, 0) is 17.9 Å². The SMILES string of the molecule is Cc1nn(CCF)cc1C(C)(C)C. The first-order valence-corrected chi connectivity index (χ1v) is 4.55. The Morgan fingerprint density at radius 3 is 2.46 bits per heavy atom. The highest BCUT2D eigenvalue weighted by Crippen LogP contribution is 2.24. The summed E-state index contributed by atoms with van der Waals surface area (Å²) < 4.78 is 13.7. The number of nitrogens with zero attached hydrogens (tertiary/aromatic N) is 2. The predicted octanol–water partition coefficient (Wildman–Crippen LogP) is 2.46. The zero-order chi connectivity index (χ0) is 10.1. The van der Waals surface area contributed by atoms with E-state index in [1.807, 2.05) is 13.1 Å². The van der Waals surface area contributed by atoms with E-state index in [0.717, 1.165) is 5.69 Å². The standard InChI is InChI=1S/C10H17FN2/c1-8-9(10(2,3)4)7-13(12-8)6-5-11/h7H,5-6H2,1-4H3. The molecule has 0 aliphatic heterocycles. The molecule has 1 aromatic heterocycles. The van der Waals surface area contributed by atoms with Gasteiger partial charge in [0.05, 0.1) is 12.2 Å². The molecular weight excluding hydrogens is 167 g/mol. The van der Waals surface area contributed by atoms with Gasteiger partial charge in [-0.15, -0.1) is 0 Å². The van der Waals surface area contributed by atoms with Crippen LogP contribution in [0.4, 0.5) is 4.39 Å². The molecule has 0 spiro atoms. The summed E-state index contributed by atoms with van der Waals surface area (Å²) in [5.74, 6) is 0. The van der Waals surface area contributed by atoms with Crippen LogP contribution in [0.5, 0.6) is 0 Å². The van der Waals surface area contributed by atoms with Gasteiger partial charge in [-0.2, -0.15) is 5.10 Å². The lowest BCUT2D eigenvalue weighted by molar-refractivity contribution is 0.426. The highest BCUT2D eigenvalue weighted by Gasteiger charge is 2.18. The van der Waals surface area contributed by atoms with Crippen LogP contribution in [0, 0.1) is 6.92 Å². The largest absolute Gasteiger partial charge is 0.270 e. The molecule has 0 N–H and O–H groups in total. The predicted molar refractivity (Wildman–Crippen MR) is 51.6 cm³/mol. The van der Waals surface area contributed by atoms with Crippen molar-refractivity contribution < 1.29 is 4.39 Å². The van der Waals surface area contributed by atoms with E-state index in [-0.39, 0.29) is 12.1 Å². The Morgan fingerprint density at radius 1 is 1.46 bits per heavy atom. The van der Waals surface area contributed by atoms with E-state index < -0.39 is 0 Å². The molecule has 0 radical (unpaired) electrons. The van der Waals surface area contributed by atoms with Gasteiger partial charge in [-0.1, -0.05) is 20.8 Å². The first kappa shape index (κ1) is 10.2. The molecule has 0 aliphatic carbocycles. The van der Waals surface area contributed by atoms with E-state index in [4.69, 9.17) is 0 Å². The quantitative estimate of drug-likeness (QED) is 0.690. The Hall–Kier alpha value is -0.860. The topological polar surface area (TPSA) is 17.8 Å². The highest BCUT2D eigenvalue weighted by molar-refractivity contribution is 5.23. The van der Waals surface area contributed by atoms with Crippen molar-refractivity contribution in [1.82, 2.24) is 9.78 Å². The highest BCUT2D eigenvalue weighted by atomic mass is 19.1. The number of rotatable bonds is 2. The molecule has 74 valence electrons. The molecule has 0 bridgehead atoms. The van der Waals surface area contributed by atoms with Gasteiger partial charge in [0.25, 0.3) is 0 Å². The summed E-state index contributed by atoms with van der Waals surface area (Å²) in [7, 11) is 0. The van der Waals surface area contributed by atoms with Crippen LogP contribution in [0.1, 0.15) is 32.0 Å². The molecule has 3 heteroatoms. The van der Waals surface area contributed by atoms with Crippen molar-refractivity contribution >= 4 is 0 Å². The summed E-state index contributed by atoms with van der Waals surface area (Å²) in [6, 6.07) is 0. The molecule has 1 rings (SSSR count). The molecule has 0 unspecified atom stereocenters. The molecule has 0 saturated carbocycles. The van der Waals surface area contributed by atoms with Crippen LogP contribution in [0.3, 0.4) is 0 Å².